The molecule has 1 aromatic heterocycles. The number of carbonyl (C=O) groups is 2. The molecule has 0 bridgehead atoms. The number of halogens is 1. The summed E-state index contributed by atoms with van der Waals surface area (Å²) in [6.07, 6.45) is 1.50. The first-order valence-electron chi connectivity index (χ1n) is 8.58. The van der Waals surface area contributed by atoms with Crippen LogP contribution in [0, 0.1) is 12.7 Å². The average Bonchev–Trinajstić information content (AvgIpc) is 3.12. The third-order valence-electron chi connectivity index (χ3n) is 3.83. The van der Waals surface area contributed by atoms with Crippen molar-refractivity contribution in [2.24, 2.45) is 0 Å². The Morgan fingerprint density at radius 3 is 2.39 bits per heavy atom. The quantitative estimate of drug-likeness (QED) is 0.499. The lowest BCUT2D eigenvalue weighted by Crippen LogP contribution is -2.25. The zero-order valence-electron chi connectivity index (χ0n) is 15.1. The van der Waals surface area contributed by atoms with E-state index in [0.717, 1.165) is 0 Å². The van der Waals surface area contributed by atoms with E-state index in [-0.39, 0.29) is 0 Å². The predicted octanol–water partition coefficient (Wildman–Crippen LogP) is 4.66. The van der Waals surface area contributed by atoms with Crippen molar-refractivity contribution in [1.82, 2.24) is 0 Å². The Hall–Kier alpha value is -3.67. The van der Waals surface area contributed by atoms with Crippen molar-refractivity contribution in [2.75, 3.05) is 5.32 Å². The maximum absolute atomic E-state index is 13.0. The van der Waals surface area contributed by atoms with E-state index in [1.807, 2.05) is 0 Å². The van der Waals surface area contributed by atoms with E-state index in [9.17, 15) is 14.0 Å². The van der Waals surface area contributed by atoms with Gasteiger partial charge in [-0.25, -0.2) is 9.18 Å². The molecule has 0 fully saturated rings. The van der Waals surface area contributed by atoms with Gasteiger partial charge in [-0.3, -0.25) is 4.79 Å². The molecule has 3 rings (SSSR count). The van der Waals surface area contributed by atoms with Crippen LogP contribution < -0.4 is 5.32 Å². The van der Waals surface area contributed by atoms with Gasteiger partial charge in [-0.2, -0.15) is 0 Å². The molecule has 2 aromatic carbocycles. The second-order valence-electron chi connectivity index (χ2n) is 6.01. The molecule has 1 amide bonds. The van der Waals surface area contributed by atoms with E-state index in [0.29, 0.717) is 22.8 Å². The van der Waals surface area contributed by atoms with Gasteiger partial charge in [0.25, 0.3) is 5.91 Å². The van der Waals surface area contributed by atoms with Gasteiger partial charge >= 0.3 is 5.97 Å². The van der Waals surface area contributed by atoms with Gasteiger partial charge in [-0.15, -0.1) is 0 Å². The van der Waals surface area contributed by atoms with Gasteiger partial charge in [0.05, 0.1) is 0 Å². The fourth-order valence-electron chi connectivity index (χ4n) is 2.49. The van der Waals surface area contributed by atoms with Crippen LogP contribution >= 0.6 is 0 Å². The highest BCUT2D eigenvalue weighted by atomic mass is 19.1. The zero-order chi connectivity index (χ0) is 19.9. The second kappa shape index (κ2) is 8.81. The van der Waals surface area contributed by atoms with Crippen LogP contribution in [0.15, 0.2) is 77.2 Å². The molecular formula is C22H18FNO4. The number of carbonyl (C=O) groups excluding carboxylic acids is 2. The molecule has 6 heteroatoms. The summed E-state index contributed by atoms with van der Waals surface area (Å²) in [7, 11) is 0. The molecule has 0 spiro atoms. The number of amides is 1. The number of furan rings is 1. The summed E-state index contributed by atoms with van der Waals surface area (Å²) in [5.41, 5.74) is 0.905. The summed E-state index contributed by atoms with van der Waals surface area (Å²) < 4.78 is 23.8. The van der Waals surface area contributed by atoms with Gasteiger partial charge in [0.15, 0.2) is 0 Å². The molecule has 1 atom stereocenters. The van der Waals surface area contributed by atoms with Gasteiger partial charge in [0.1, 0.15) is 17.3 Å². The summed E-state index contributed by atoms with van der Waals surface area (Å²) in [6.45, 7) is 1.79. The highest BCUT2D eigenvalue weighted by Crippen LogP contribution is 2.21. The molecule has 0 saturated heterocycles. The van der Waals surface area contributed by atoms with Crippen LogP contribution in [-0.4, -0.2) is 11.9 Å². The Labute approximate surface area is 161 Å². The van der Waals surface area contributed by atoms with Crippen LogP contribution in [0.25, 0.3) is 6.08 Å². The monoisotopic (exact) mass is 379 g/mol. The van der Waals surface area contributed by atoms with E-state index in [2.05, 4.69) is 5.32 Å². The maximum Gasteiger partial charge on any atom is 0.332 e. The molecule has 142 valence electrons. The van der Waals surface area contributed by atoms with Crippen molar-refractivity contribution in [2.45, 2.75) is 13.0 Å². The lowest BCUT2D eigenvalue weighted by Gasteiger charge is -2.17. The maximum atomic E-state index is 13.0. The Bertz CT molecular complexity index is 977. The van der Waals surface area contributed by atoms with Crippen LogP contribution in [0.5, 0.6) is 0 Å². The first kappa shape index (κ1) is 19.1. The Morgan fingerprint density at radius 2 is 1.75 bits per heavy atom. The minimum absolute atomic E-state index is 0.394. The van der Waals surface area contributed by atoms with Crippen molar-refractivity contribution >= 4 is 23.6 Å². The molecule has 0 aliphatic carbocycles. The number of benzene rings is 2. The minimum Gasteiger partial charge on any atom is -0.462 e. The smallest absolute Gasteiger partial charge is 0.332 e. The summed E-state index contributed by atoms with van der Waals surface area (Å²) >= 11 is 0. The van der Waals surface area contributed by atoms with Gasteiger partial charge in [0.2, 0.25) is 6.10 Å². The Kier molecular flexibility index (Phi) is 6.01. The highest BCUT2D eigenvalue weighted by molar-refractivity contribution is 5.97. The van der Waals surface area contributed by atoms with Crippen molar-refractivity contribution in [3.8, 4) is 0 Å². The molecule has 0 saturated carbocycles. The molecule has 0 aliphatic heterocycles. The van der Waals surface area contributed by atoms with Crippen molar-refractivity contribution in [3.63, 3.8) is 0 Å². The van der Waals surface area contributed by atoms with Gasteiger partial charge < -0.3 is 14.5 Å². The van der Waals surface area contributed by atoms with Crippen molar-refractivity contribution < 1.29 is 23.1 Å². The number of hydrogen-bond acceptors (Lipinski definition) is 4. The summed E-state index contributed by atoms with van der Waals surface area (Å²) in [6, 6.07) is 17.4. The lowest BCUT2D eigenvalue weighted by molar-refractivity contribution is -0.149. The Morgan fingerprint density at radius 1 is 1.04 bits per heavy atom. The van der Waals surface area contributed by atoms with Crippen LogP contribution in [0.3, 0.4) is 0 Å². The molecule has 1 heterocycles. The van der Waals surface area contributed by atoms with Crippen LogP contribution in [0.1, 0.15) is 23.2 Å². The van der Waals surface area contributed by atoms with Crippen molar-refractivity contribution in [3.05, 3.63) is 95.7 Å². The first-order chi connectivity index (χ1) is 13.5. The van der Waals surface area contributed by atoms with Crippen LogP contribution in [0.2, 0.25) is 0 Å². The SMILES string of the molecule is Cc1ccc(/C=C/C(=O)O[C@@H](C(=O)Nc2ccc(F)cc2)c2ccccc2)o1. The predicted molar refractivity (Wildman–Crippen MR) is 103 cm³/mol. The third kappa shape index (κ3) is 5.17. The number of hydrogen-bond donors (Lipinski definition) is 1. The molecule has 5 nitrogen and oxygen atoms in total. The van der Waals surface area contributed by atoms with Crippen molar-refractivity contribution in [1.29, 1.82) is 0 Å². The molecule has 0 radical (unpaired) electrons. The second-order valence-corrected chi connectivity index (χ2v) is 6.01. The fourth-order valence-corrected chi connectivity index (χ4v) is 2.49. The van der Waals surface area contributed by atoms with E-state index in [4.69, 9.17) is 9.15 Å². The molecule has 1 N–H and O–H groups in total. The Balaban J connectivity index is 1.75. The average molecular weight is 379 g/mol. The standard InChI is InChI=1S/C22H18FNO4/c1-15-7-12-19(27-15)13-14-20(25)28-21(16-5-3-2-4-6-16)22(26)24-18-10-8-17(23)9-11-18/h2-14,21H,1H3,(H,24,26)/b14-13+/t21-/m1/s1. The number of aryl methyl sites for hydroxylation is 1. The lowest BCUT2D eigenvalue weighted by atomic mass is 10.1. The fraction of sp³-hybridized carbons (Fsp3) is 0.0909. The summed E-state index contributed by atoms with van der Waals surface area (Å²) in [4.78, 5) is 24.9. The number of nitrogens with one attached hydrogen (secondary N) is 1. The molecule has 28 heavy (non-hydrogen) atoms. The van der Waals surface area contributed by atoms with E-state index < -0.39 is 23.8 Å². The molecule has 3 aromatic rings. The summed E-state index contributed by atoms with van der Waals surface area (Å²) in [5.74, 6) is -0.441. The van der Waals surface area contributed by atoms with Gasteiger partial charge in [0, 0.05) is 17.3 Å². The number of rotatable bonds is 6. The highest BCUT2D eigenvalue weighted by Gasteiger charge is 2.24. The molecular weight excluding hydrogens is 361 g/mol. The third-order valence-corrected chi connectivity index (χ3v) is 3.83. The van der Waals surface area contributed by atoms with Gasteiger partial charge in [-0.05, 0) is 49.4 Å². The molecule has 0 aliphatic rings. The number of esters is 1. The zero-order valence-corrected chi connectivity index (χ0v) is 15.1. The van der Waals surface area contributed by atoms with Crippen LogP contribution in [-0.2, 0) is 14.3 Å². The van der Waals surface area contributed by atoms with Crippen LogP contribution in [0.4, 0.5) is 10.1 Å². The normalized spacial score (nSPS) is 11.9. The van der Waals surface area contributed by atoms with E-state index in [1.54, 1.807) is 49.4 Å². The van der Waals surface area contributed by atoms with E-state index in [1.165, 1.54) is 36.4 Å². The summed E-state index contributed by atoms with van der Waals surface area (Å²) in [5, 5.41) is 2.62. The largest absolute Gasteiger partial charge is 0.462 e. The van der Waals surface area contributed by atoms with E-state index >= 15 is 0 Å². The number of ether oxygens (including phenoxy) is 1. The minimum atomic E-state index is -1.17. The van der Waals surface area contributed by atoms with Gasteiger partial charge in [-0.1, -0.05) is 30.3 Å². The molecule has 0 unspecified atom stereocenters. The first-order valence-corrected chi connectivity index (χ1v) is 8.58. The number of anilines is 1. The topological polar surface area (TPSA) is 68.5 Å².